The van der Waals surface area contributed by atoms with Crippen LogP contribution in [0.2, 0.25) is 0 Å². The number of ether oxygens (including phenoxy) is 1. The number of methoxy groups -OCH3 is 1. The number of imidazole rings is 1. The number of carbonyl (C=O) groups excluding carboxylic acids is 2. The molecule has 3 heterocycles. The summed E-state index contributed by atoms with van der Waals surface area (Å²) in [7, 11) is 1.63. The summed E-state index contributed by atoms with van der Waals surface area (Å²) < 4.78 is 5.24. The minimum Gasteiger partial charge on any atom is -0.497 e. The van der Waals surface area contributed by atoms with E-state index in [2.05, 4.69) is 25.5 Å². The lowest BCUT2D eigenvalue weighted by Gasteiger charge is -2.27. The summed E-state index contributed by atoms with van der Waals surface area (Å²) in [6.45, 7) is 1.52. The van der Waals surface area contributed by atoms with Gasteiger partial charge >= 0.3 is 0 Å². The Morgan fingerprint density at radius 2 is 2.19 bits per heavy atom. The number of rotatable bonds is 8. The van der Waals surface area contributed by atoms with Crippen LogP contribution in [-0.2, 0) is 30.6 Å². The summed E-state index contributed by atoms with van der Waals surface area (Å²) in [5.74, 6) is 0.684. The minimum absolute atomic E-state index is 0.0913. The number of benzene rings is 1. The predicted octanol–water partition coefficient (Wildman–Crippen LogP) is 1.63. The Bertz CT molecular complexity index is 1040. The van der Waals surface area contributed by atoms with Gasteiger partial charge in [-0.05, 0) is 30.5 Å². The summed E-state index contributed by atoms with van der Waals surface area (Å²) in [5, 5.41) is 10.1. The van der Waals surface area contributed by atoms with Crippen molar-refractivity contribution in [1.82, 2.24) is 30.4 Å². The fourth-order valence-corrected chi connectivity index (χ4v) is 3.77. The van der Waals surface area contributed by atoms with E-state index in [1.807, 2.05) is 29.2 Å². The number of hydrogen-bond donors (Lipinski definition) is 3. The largest absolute Gasteiger partial charge is 0.497 e. The third-order valence-corrected chi connectivity index (χ3v) is 5.50. The van der Waals surface area contributed by atoms with E-state index < -0.39 is 0 Å². The molecule has 0 saturated heterocycles. The molecule has 2 aromatic heterocycles. The maximum atomic E-state index is 12.7. The molecule has 0 saturated carbocycles. The van der Waals surface area contributed by atoms with E-state index >= 15 is 0 Å². The molecule has 9 nitrogen and oxygen atoms in total. The number of aromatic nitrogens is 4. The molecule has 0 radical (unpaired) electrons. The van der Waals surface area contributed by atoms with Gasteiger partial charge in [-0.2, -0.15) is 5.10 Å². The van der Waals surface area contributed by atoms with Gasteiger partial charge in [-0.1, -0.05) is 12.1 Å². The van der Waals surface area contributed by atoms with Gasteiger partial charge in [-0.3, -0.25) is 14.7 Å². The maximum absolute atomic E-state index is 12.7. The van der Waals surface area contributed by atoms with Crippen LogP contribution in [0.1, 0.15) is 39.4 Å². The second kappa shape index (κ2) is 9.46. The van der Waals surface area contributed by atoms with Crippen molar-refractivity contribution < 1.29 is 14.3 Å². The normalized spacial score (nSPS) is 13.0. The third kappa shape index (κ3) is 4.93. The van der Waals surface area contributed by atoms with Crippen molar-refractivity contribution in [2.75, 3.05) is 20.2 Å². The van der Waals surface area contributed by atoms with E-state index in [4.69, 9.17) is 4.74 Å². The van der Waals surface area contributed by atoms with E-state index in [-0.39, 0.29) is 11.8 Å². The number of H-pyrrole nitrogens is 2. The first kappa shape index (κ1) is 20.6. The molecule has 31 heavy (non-hydrogen) atoms. The van der Waals surface area contributed by atoms with E-state index in [1.165, 1.54) is 0 Å². The zero-order chi connectivity index (χ0) is 21.6. The second-order valence-electron chi connectivity index (χ2n) is 7.53. The fourth-order valence-electron chi connectivity index (χ4n) is 3.77. The monoisotopic (exact) mass is 422 g/mol. The highest BCUT2D eigenvalue weighted by atomic mass is 16.5. The topological polar surface area (TPSA) is 116 Å². The van der Waals surface area contributed by atoms with Crippen LogP contribution in [0.15, 0.2) is 36.8 Å². The molecule has 0 spiro atoms. The molecule has 0 unspecified atom stereocenters. The highest BCUT2D eigenvalue weighted by molar-refractivity contribution is 5.94. The number of amides is 2. The molecular formula is C22H26N6O3. The number of aromatic amines is 2. The molecule has 0 aliphatic carbocycles. The minimum atomic E-state index is -0.199. The van der Waals surface area contributed by atoms with E-state index in [9.17, 15) is 9.59 Å². The SMILES string of the molecule is COc1cccc(CCC(=O)N2CCc3c(C(=O)NCCc4cnc[nH]4)n[nH]c3C2)c1. The first-order valence-corrected chi connectivity index (χ1v) is 10.4. The van der Waals surface area contributed by atoms with Crippen LogP contribution in [0.25, 0.3) is 0 Å². The number of nitrogens with zero attached hydrogens (tertiary/aromatic N) is 3. The first-order valence-electron chi connectivity index (χ1n) is 10.4. The van der Waals surface area contributed by atoms with Gasteiger partial charge in [0.2, 0.25) is 5.91 Å². The summed E-state index contributed by atoms with van der Waals surface area (Å²) in [6, 6.07) is 7.77. The highest BCUT2D eigenvalue weighted by Crippen LogP contribution is 2.21. The van der Waals surface area contributed by atoms with E-state index in [0.717, 1.165) is 28.3 Å². The van der Waals surface area contributed by atoms with Crippen LogP contribution in [0.5, 0.6) is 5.75 Å². The lowest BCUT2D eigenvalue weighted by molar-refractivity contribution is -0.132. The quantitative estimate of drug-likeness (QED) is 0.510. The predicted molar refractivity (Wildman–Crippen MR) is 114 cm³/mol. The number of carbonyl (C=O) groups is 2. The van der Waals surface area contributed by atoms with Crippen molar-refractivity contribution in [1.29, 1.82) is 0 Å². The van der Waals surface area contributed by atoms with Crippen LogP contribution in [0, 0.1) is 0 Å². The van der Waals surface area contributed by atoms with Crippen LogP contribution < -0.4 is 10.1 Å². The smallest absolute Gasteiger partial charge is 0.272 e. The van der Waals surface area contributed by atoms with Crippen molar-refractivity contribution in [3.8, 4) is 5.75 Å². The molecule has 3 N–H and O–H groups in total. The molecule has 162 valence electrons. The van der Waals surface area contributed by atoms with Crippen LogP contribution in [0.3, 0.4) is 0 Å². The second-order valence-corrected chi connectivity index (χ2v) is 7.53. The molecular weight excluding hydrogens is 396 g/mol. The van der Waals surface area contributed by atoms with Crippen molar-refractivity contribution in [2.24, 2.45) is 0 Å². The summed E-state index contributed by atoms with van der Waals surface area (Å²) in [4.78, 5) is 34.0. The van der Waals surface area contributed by atoms with Gasteiger partial charge in [0.15, 0.2) is 5.69 Å². The van der Waals surface area contributed by atoms with Crippen molar-refractivity contribution in [3.63, 3.8) is 0 Å². The Balaban J connectivity index is 1.30. The van der Waals surface area contributed by atoms with E-state index in [0.29, 0.717) is 51.0 Å². The van der Waals surface area contributed by atoms with Crippen molar-refractivity contribution in [2.45, 2.75) is 32.2 Å². The zero-order valence-electron chi connectivity index (χ0n) is 17.5. The van der Waals surface area contributed by atoms with Gasteiger partial charge in [-0.25, -0.2) is 4.98 Å². The van der Waals surface area contributed by atoms with E-state index in [1.54, 1.807) is 19.6 Å². The van der Waals surface area contributed by atoms with Crippen LogP contribution in [0.4, 0.5) is 0 Å². The average molecular weight is 422 g/mol. The molecule has 2 amide bonds. The molecule has 1 aliphatic rings. The molecule has 0 fully saturated rings. The average Bonchev–Trinajstić information content (AvgIpc) is 3.47. The third-order valence-electron chi connectivity index (χ3n) is 5.50. The van der Waals surface area contributed by atoms with Gasteiger partial charge < -0.3 is 19.9 Å². The maximum Gasteiger partial charge on any atom is 0.272 e. The van der Waals surface area contributed by atoms with Gasteiger partial charge in [0, 0.05) is 43.4 Å². The van der Waals surface area contributed by atoms with Crippen LogP contribution >= 0.6 is 0 Å². The summed E-state index contributed by atoms with van der Waals surface area (Å²) in [5.41, 5.74) is 4.19. The Kier molecular flexibility index (Phi) is 6.30. The Hall–Kier alpha value is -3.62. The highest BCUT2D eigenvalue weighted by Gasteiger charge is 2.27. The fraction of sp³-hybridized carbons (Fsp3) is 0.364. The standard InChI is InChI=1S/C22H26N6O3/c1-31-17-4-2-3-15(11-17)5-6-20(29)28-10-8-18-19(13-28)26-27-21(18)22(30)24-9-7-16-12-23-14-25-16/h2-4,11-12,14H,5-10,13H2,1H3,(H,23,25)(H,24,30)(H,26,27). The number of nitrogens with one attached hydrogen (secondary N) is 3. The molecule has 0 bridgehead atoms. The molecule has 9 heteroatoms. The lowest BCUT2D eigenvalue weighted by atomic mass is 10.0. The Labute approximate surface area is 180 Å². The zero-order valence-corrected chi connectivity index (χ0v) is 17.5. The molecule has 0 atom stereocenters. The summed E-state index contributed by atoms with van der Waals surface area (Å²) in [6.07, 6.45) is 5.73. The number of hydrogen-bond acceptors (Lipinski definition) is 5. The van der Waals surface area contributed by atoms with Crippen molar-refractivity contribution >= 4 is 11.8 Å². The van der Waals surface area contributed by atoms with Gasteiger partial charge in [0.1, 0.15) is 5.75 Å². The van der Waals surface area contributed by atoms with Gasteiger partial charge in [0.05, 0.1) is 25.7 Å². The molecule has 4 rings (SSSR count). The molecule has 1 aliphatic heterocycles. The number of aryl methyl sites for hydroxylation is 1. The lowest BCUT2D eigenvalue weighted by Crippen LogP contribution is -2.36. The van der Waals surface area contributed by atoms with Crippen LogP contribution in [-0.4, -0.2) is 57.1 Å². The van der Waals surface area contributed by atoms with Crippen molar-refractivity contribution in [3.05, 3.63) is 65.0 Å². The number of fused-ring (bicyclic) bond motifs is 1. The Morgan fingerprint density at radius 3 is 3.00 bits per heavy atom. The molecule has 3 aromatic rings. The summed E-state index contributed by atoms with van der Waals surface area (Å²) >= 11 is 0. The first-order chi connectivity index (χ1) is 15.1. The molecule has 1 aromatic carbocycles. The Morgan fingerprint density at radius 1 is 1.29 bits per heavy atom. The van der Waals surface area contributed by atoms with Gasteiger partial charge in [-0.15, -0.1) is 0 Å². The van der Waals surface area contributed by atoms with Gasteiger partial charge in [0.25, 0.3) is 5.91 Å².